The summed E-state index contributed by atoms with van der Waals surface area (Å²) in [7, 11) is 0. The van der Waals surface area contributed by atoms with Crippen LogP contribution in [-0.4, -0.2) is 18.6 Å². The summed E-state index contributed by atoms with van der Waals surface area (Å²) in [5, 5.41) is 4.93. The number of benzene rings is 1. The molecule has 4 nitrogen and oxygen atoms in total. The number of nitrogens with two attached hydrogens (primary N) is 1. The van der Waals surface area contributed by atoms with Gasteiger partial charge in [-0.1, -0.05) is 13.8 Å². The Balaban J connectivity index is 2.64. The van der Waals surface area contributed by atoms with Gasteiger partial charge in [0.2, 0.25) is 0 Å². The standard InChI is InChI=1S/C12H17F2N3O/c1-7(2)11(6-15)17-12(18)16-10-4-3-8(13)5-9(10)14/h3-5,7,11H,6,15H2,1-2H3,(H2,16,17,18). The summed E-state index contributed by atoms with van der Waals surface area (Å²) >= 11 is 0. The van der Waals surface area contributed by atoms with Crippen molar-refractivity contribution in [2.24, 2.45) is 11.7 Å². The molecular formula is C12H17F2N3O. The number of carbonyl (C=O) groups excluding carboxylic acids is 1. The Morgan fingerprint density at radius 3 is 2.56 bits per heavy atom. The Kier molecular flexibility index (Phi) is 5.03. The lowest BCUT2D eigenvalue weighted by Gasteiger charge is -2.20. The van der Waals surface area contributed by atoms with Gasteiger partial charge in [0.25, 0.3) is 0 Å². The quantitative estimate of drug-likeness (QED) is 0.773. The first kappa shape index (κ1) is 14.4. The first-order valence-corrected chi connectivity index (χ1v) is 5.66. The van der Waals surface area contributed by atoms with E-state index in [1.54, 1.807) is 0 Å². The summed E-state index contributed by atoms with van der Waals surface area (Å²) in [5.41, 5.74) is 5.42. The number of amides is 2. The molecule has 1 unspecified atom stereocenters. The molecule has 0 aromatic heterocycles. The Bertz CT molecular complexity index is 424. The summed E-state index contributed by atoms with van der Waals surface area (Å²) < 4.78 is 26.0. The molecule has 0 aliphatic rings. The van der Waals surface area contributed by atoms with Gasteiger partial charge in [-0.05, 0) is 18.1 Å². The molecule has 0 saturated heterocycles. The van der Waals surface area contributed by atoms with Crippen molar-refractivity contribution < 1.29 is 13.6 Å². The second-order valence-electron chi connectivity index (χ2n) is 4.31. The van der Waals surface area contributed by atoms with E-state index in [0.29, 0.717) is 6.07 Å². The van der Waals surface area contributed by atoms with Gasteiger partial charge in [0, 0.05) is 18.7 Å². The first-order valence-electron chi connectivity index (χ1n) is 5.66. The molecule has 2 amide bonds. The second kappa shape index (κ2) is 6.30. The van der Waals surface area contributed by atoms with E-state index >= 15 is 0 Å². The van der Waals surface area contributed by atoms with E-state index in [9.17, 15) is 13.6 Å². The van der Waals surface area contributed by atoms with Crippen molar-refractivity contribution in [2.45, 2.75) is 19.9 Å². The van der Waals surface area contributed by atoms with Crippen LogP contribution in [0.25, 0.3) is 0 Å². The first-order chi connectivity index (χ1) is 8.43. The van der Waals surface area contributed by atoms with Gasteiger partial charge in [-0.25, -0.2) is 13.6 Å². The highest BCUT2D eigenvalue weighted by Crippen LogP contribution is 2.14. The Morgan fingerprint density at radius 1 is 1.39 bits per heavy atom. The highest BCUT2D eigenvalue weighted by Gasteiger charge is 2.15. The molecule has 6 heteroatoms. The zero-order chi connectivity index (χ0) is 13.7. The number of hydrogen-bond acceptors (Lipinski definition) is 2. The topological polar surface area (TPSA) is 67.1 Å². The second-order valence-corrected chi connectivity index (χ2v) is 4.31. The highest BCUT2D eigenvalue weighted by molar-refractivity contribution is 5.89. The number of urea groups is 1. The largest absolute Gasteiger partial charge is 0.334 e. The molecule has 100 valence electrons. The van der Waals surface area contributed by atoms with Crippen molar-refractivity contribution in [3.05, 3.63) is 29.8 Å². The summed E-state index contributed by atoms with van der Waals surface area (Å²) in [5.74, 6) is -1.35. The molecule has 0 aliphatic carbocycles. The van der Waals surface area contributed by atoms with Crippen LogP contribution in [0.4, 0.5) is 19.3 Å². The SMILES string of the molecule is CC(C)C(CN)NC(=O)Nc1ccc(F)cc1F. The number of anilines is 1. The van der Waals surface area contributed by atoms with E-state index in [4.69, 9.17) is 5.73 Å². The zero-order valence-corrected chi connectivity index (χ0v) is 10.3. The van der Waals surface area contributed by atoms with Gasteiger partial charge in [0.05, 0.1) is 5.69 Å². The Morgan fingerprint density at radius 2 is 2.06 bits per heavy atom. The fourth-order valence-corrected chi connectivity index (χ4v) is 1.42. The van der Waals surface area contributed by atoms with Crippen LogP contribution in [0.15, 0.2) is 18.2 Å². The fourth-order valence-electron chi connectivity index (χ4n) is 1.42. The maximum absolute atomic E-state index is 13.3. The smallest absolute Gasteiger partial charge is 0.319 e. The highest BCUT2D eigenvalue weighted by atomic mass is 19.1. The van der Waals surface area contributed by atoms with Gasteiger partial charge in [-0.3, -0.25) is 0 Å². The number of carbonyl (C=O) groups is 1. The average Bonchev–Trinajstić information content (AvgIpc) is 2.29. The normalized spacial score (nSPS) is 12.3. The van der Waals surface area contributed by atoms with Crippen LogP contribution < -0.4 is 16.4 Å². The van der Waals surface area contributed by atoms with E-state index in [1.807, 2.05) is 13.8 Å². The molecule has 18 heavy (non-hydrogen) atoms. The molecule has 1 rings (SSSR count). The minimum Gasteiger partial charge on any atom is -0.334 e. The van der Waals surface area contributed by atoms with Gasteiger partial charge >= 0.3 is 6.03 Å². The van der Waals surface area contributed by atoms with E-state index in [2.05, 4.69) is 10.6 Å². The minimum absolute atomic E-state index is 0.0755. The maximum atomic E-state index is 13.3. The molecule has 0 radical (unpaired) electrons. The van der Waals surface area contributed by atoms with Crippen LogP contribution in [0.5, 0.6) is 0 Å². The van der Waals surface area contributed by atoms with E-state index in [0.717, 1.165) is 12.1 Å². The number of nitrogens with one attached hydrogen (secondary N) is 2. The summed E-state index contributed by atoms with van der Waals surface area (Å²) in [6.07, 6.45) is 0. The Hall–Kier alpha value is -1.69. The zero-order valence-electron chi connectivity index (χ0n) is 10.3. The van der Waals surface area contributed by atoms with Crippen molar-refractivity contribution in [3.63, 3.8) is 0 Å². The summed E-state index contributed by atoms with van der Waals surface area (Å²) in [4.78, 5) is 11.6. The van der Waals surface area contributed by atoms with Crippen LogP contribution in [0.1, 0.15) is 13.8 Å². The molecule has 0 spiro atoms. The lowest BCUT2D eigenvalue weighted by Crippen LogP contribution is -2.45. The molecule has 0 heterocycles. The molecule has 1 aromatic carbocycles. The molecule has 0 saturated carbocycles. The van der Waals surface area contributed by atoms with E-state index in [1.165, 1.54) is 0 Å². The Labute approximate surface area is 105 Å². The third-order valence-corrected chi connectivity index (χ3v) is 2.55. The van der Waals surface area contributed by atoms with Crippen molar-refractivity contribution in [1.82, 2.24) is 5.32 Å². The van der Waals surface area contributed by atoms with Crippen LogP contribution in [0.3, 0.4) is 0 Å². The third kappa shape index (κ3) is 3.96. The van der Waals surface area contributed by atoms with Crippen LogP contribution >= 0.6 is 0 Å². The molecule has 0 fully saturated rings. The predicted molar refractivity (Wildman–Crippen MR) is 66.2 cm³/mol. The average molecular weight is 257 g/mol. The minimum atomic E-state index is -0.820. The molecule has 4 N–H and O–H groups in total. The van der Waals surface area contributed by atoms with E-state index < -0.39 is 17.7 Å². The van der Waals surface area contributed by atoms with Gasteiger partial charge < -0.3 is 16.4 Å². The number of hydrogen-bond donors (Lipinski definition) is 3. The molecule has 0 bridgehead atoms. The fraction of sp³-hybridized carbons (Fsp3) is 0.417. The van der Waals surface area contributed by atoms with Gasteiger partial charge in [0.15, 0.2) is 0 Å². The molecule has 1 aromatic rings. The van der Waals surface area contributed by atoms with Crippen molar-refractivity contribution in [1.29, 1.82) is 0 Å². The van der Waals surface area contributed by atoms with Gasteiger partial charge in [0.1, 0.15) is 11.6 Å². The number of rotatable bonds is 4. The lowest BCUT2D eigenvalue weighted by molar-refractivity contribution is 0.245. The van der Waals surface area contributed by atoms with Crippen LogP contribution in [0.2, 0.25) is 0 Å². The van der Waals surface area contributed by atoms with Crippen molar-refractivity contribution in [3.8, 4) is 0 Å². The van der Waals surface area contributed by atoms with Crippen LogP contribution in [0, 0.1) is 17.6 Å². The third-order valence-electron chi connectivity index (χ3n) is 2.55. The molecule has 1 atom stereocenters. The van der Waals surface area contributed by atoms with E-state index in [-0.39, 0.29) is 24.2 Å². The maximum Gasteiger partial charge on any atom is 0.319 e. The van der Waals surface area contributed by atoms with Crippen molar-refractivity contribution >= 4 is 11.7 Å². The van der Waals surface area contributed by atoms with Gasteiger partial charge in [-0.15, -0.1) is 0 Å². The summed E-state index contributed by atoms with van der Waals surface area (Å²) in [6.45, 7) is 4.11. The number of halogens is 2. The van der Waals surface area contributed by atoms with Gasteiger partial charge in [-0.2, -0.15) is 0 Å². The monoisotopic (exact) mass is 257 g/mol. The summed E-state index contributed by atoms with van der Waals surface area (Å²) in [6, 6.07) is 2.18. The van der Waals surface area contributed by atoms with Crippen LogP contribution in [-0.2, 0) is 0 Å². The predicted octanol–water partition coefficient (Wildman–Crippen LogP) is 2.07. The molecular weight excluding hydrogens is 240 g/mol. The lowest BCUT2D eigenvalue weighted by atomic mass is 10.1. The molecule has 0 aliphatic heterocycles. The van der Waals surface area contributed by atoms with Crippen molar-refractivity contribution in [2.75, 3.05) is 11.9 Å².